The summed E-state index contributed by atoms with van der Waals surface area (Å²) in [6.45, 7) is 4.72. The van der Waals surface area contributed by atoms with Gasteiger partial charge in [-0.15, -0.1) is 0 Å². The molecule has 0 radical (unpaired) electrons. The number of hydrogen-bond donors (Lipinski definition) is 2. The smallest absolute Gasteiger partial charge is 0.00489 e. The van der Waals surface area contributed by atoms with Gasteiger partial charge in [-0.25, -0.2) is 0 Å². The van der Waals surface area contributed by atoms with Crippen LogP contribution < -0.4 is 5.32 Å². The maximum Gasteiger partial charge on any atom is -0.00489 e. The predicted octanol–water partition coefficient (Wildman–Crippen LogP) is 5.21. The number of thiol groups is 1. The molecule has 0 aromatic carbocycles. The average Bonchev–Trinajstić information content (AvgIpc) is 2.39. The van der Waals surface area contributed by atoms with Crippen molar-refractivity contribution in [3.8, 4) is 0 Å². The molecule has 18 heavy (non-hydrogen) atoms. The minimum Gasteiger partial charge on any atom is -0.317 e. The fourth-order valence-electron chi connectivity index (χ4n) is 2.22. The molecule has 0 rings (SSSR count). The fraction of sp³-hybridized carbons (Fsp3) is 1.00. The third-order valence-electron chi connectivity index (χ3n) is 3.47. The first-order valence-corrected chi connectivity index (χ1v) is 8.86. The van der Waals surface area contributed by atoms with Gasteiger partial charge in [0.25, 0.3) is 0 Å². The maximum atomic E-state index is 4.22. The van der Waals surface area contributed by atoms with Crippen LogP contribution in [0.25, 0.3) is 0 Å². The van der Waals surface area contributed by atoms with Gasteiger partial charge in [0.05, 0.1) is 0 Å². The molecule has 0 aliphatic heterocycles. The molecule has 0 saturated carbocycles. The van der Waals surface area contributed by atoms with E-state index in [2.05, 4.69) is 24.9 Å². The summed E-state index contributed by atoms with van der Waals surface area (Å²) >= 11 is 4.22. The first-order chi connectivity index (χ1) is 8.91. The van der Waals surface area contributed by atoms with E-state index in [0.717, 1.165) is 5.75 Å². The molecule has 0 aliphatic carbocycles. The largest absolute Gasteiger partial charge is 0.317 e. The van der Waals surface area contributed by atoms with Crippen LogP contribution in [-0.2, 0) is 0 Å². The second-order valence-electron chi connectivity index (χ2n) is 5.36. The maximum absolute atomic E-state index is 4.22. The Hall–Kier alpha value is 0.310. The second-order valence-corrected chi connectivity index (χ2v) is 5.81. The molecule has 2 heteroatoms. The standard InChI is InChI=1S/C16H35NS/c1-2-3-4-5-6-7-8-11-14-17-15-12-9-10-13-16-18/h17-18H,2-16H2,1H3. The van der Waals surface area contributed by atoms with E-state index in [9.17, 15) is 0 Å². The first kappa shape index (κ1) is 18.3. The monoisotopic (exact) mass is 273 g/mol. The van der Waals surface area contributed by atoms with Crippen LogP contribution in [0.2, 0.25) is 0 Å². The Labute approximate surface area is 121 Å². The summed E-state index contributed by atoms with van der Waals surface area (Å²) in [6.07, 6.45) is 16.7. The summed E-state index contributed by atoms with van der Waals surface area (Å²) in [4.78, 5) is 0. The van der Waals surface area contributed by atoms with E-state index in [4.69, 9.17) is 0 Å². The lowest BCUT2D eigenvalue weighted by Gasteiger charge is -2.05. The molecule has 0 fully saturated rings. The Balaban J connectivity index is 2.86. The Morgan fingerprint density at radius 2 is 1.06 bits per heavy atom. The lowest BCUT2D eigenvalue weighted by atomic mass is 10.1. The quantitative estimate of drug-likeness (QED) is 0.308. The van der Waals surface area contributed by atoms with Crippen molar-refractivity contribution in [3.05, 3.63) is 0 Å². The van der Waals surface area contributed by atoms with Crippen molar-refractivity contribution in [2.24, 2.45) is 0 Å². The van der Waals surface area contributed by atoms with E-state index in [1.54, 1.807) is 0 Å². The molecule has 0 amide bonds. The van der Waals surface area contributed by atoms with Gasteiger partial charge in [0.2, 0.25) is 0 Å². The van der Waals surface area contributed by atoms with Gasteiger partial charge in [-0.2, -0.15) is 12.6 Å². The summed E-state index contributed by atoms with van der Waals surface area (Å²) in [7, 11) is 0. The highest BCUT2D eigenvalue weighted by molar-refractivity contribution is 7.80. The molecule has 0 aromatic rings. The summed E-state index contributed by atoms with van der Waals surface area (Å²) < 4.78 is 0. The van der Waals surface area contributed by atoms with Gasteiger partial charge in [-0.1, -0.05) is 64.7 Å². The zero-order chi connectivity index (χ0) is 13.3. The minimum absolute atomic E-state index is 1.05. The number of nitrogens with one attached hydrogen (secondary N) is 1. The van der Waals surface area contributed by atoms with Crippen molar-refractivity contribution in [2.45, 2.75) is 84.0 Å². The van der Waals surface area contributed by atoms with Gasteiger partial charge in [0.15, 0.2) is 0 Å². The lowest BCUT2D eigenvalue weighted by Crippen LogP contribution is -2.16. The molecule has 0 unspecified atom stereocenters. The van der Waals surface area contributed by atoms with Crippen molar-refractivity contribution in [3.63, 3.8) is 0 Å². The molecule has 0 aliphatic rings. The van der Waals surface area contributed by atoms with Crippen molar-refractivity contribution in [1.82, 2.24) is 5.32 Å². The van der Waals surface area contributed by atoms with Crippen molar-refractivity contribution in [1.29, 1.82) is 0 Å². The SMILES string of the molecule is CCCCCCCCCCNCCCCCCS. The molecule has 1 nitrogen and oxygen atoms in total. The molecule has 0 heterocycles. The second kappa shape index (κ2) is 17.3. The molecule has 0 bridgehead atoms. The molecular weight excluding hydrogens is 238 g/mol. The van der Waals surface area contributed by atoms with Gasteiger partial charge in [-0.05, 0) is 38.1 Å². The summed E-state index contributed by atoms with van der Waals surface area (Å²) in [5.41, 5.74) is 0. The Morgan fingerprint density at radius 3 is 1.56 bits per heavy atom. The van der Waals surface area contributed by atoms with Gasteiger partial charge >= 0.3 is 0 Å². The highest BCUT2D eigenvalue weighted by Crippen LogP contribution is 2.07. The Bertz CT molecular complexity index is 123. The highest BCUT2D eigenvalue weighted by atomic mass is 32.1. The third-order valence-corrected chi connectivity index (χ3v) is 3.79. The molecule has 0 atom stereocenters. The van der Waals surface area contributed by atoms with E-state index in [1.807, 2.05) is 0 Å². The number of unbranched alkanes of at least 4 members (excludes halogenated alkanes) is 10. The van der Waals surface area contributed by atoms with Crippen LogP contribution in [0.15, 0.2) is 0 Å². The number of hydrogen-bond acceptors (Lipinski definition) is 2. The molecule has 1 N–H and O–H groups in total. The van der Waals surface area contributed by atoms with Crippen LogP contribution in [0.3, 0.4) is 0 Å². The van der Waals surface area contributed by atoms with Crippen LogP contribution in [-0.4, -0.2) is 18.8 Å². The van der Waals surface area contributed by atoms with Crippen molar-refractivity contribution >= 4 is 12.6 Å². The zero-order valence-corrected chi connectivity index (χ0v) is 13.4. The topological polar surface area (TPSA) is 12.0 Å². The Morgan fingerprint density at radius 1 is 0.611 bits per heavy atom. The molecular formula is C16H35NS. The first-order valence-electron chi connectivity index (χ1n) is 8.23. The highest BCUT2D eigenvalue weighted by Gasteiger charge is 1.92. The van der Waals surface area contributed by atoms with Crippen LogP contribution in [0, 0.1) is 0 Å². The van der Waals surface area contributed by atoms with E-state index in [1.165, 1.54) is 90.1 Å². The van der Waals surface area contributed by atoms with E-state index >= 15 is 0 Å². The normalized spacial score (nSPS) is 11.0. The predicted molar refractivity (Wildman–Crippen MR) is 87.8 cm³/mol. The van der Waals surface area contributed by atoms with Gasteiger partial charge in [-0.3, -0.25) is 0 Å². The minimum atomic E-state index is 1.05. The third kappa shape index (κ3) is 16.3. The zero-order valence-electron chi connectivity index (χ0n) is 12.6. The van der Waals surface area contributed by atoms with Gasteiger partial charge in [0.1, 0.15) is 0 Å². The molecule has 110 valence electrons. The number of rotatable bonds is 15. The molecule has 0 spiro atoms. The van der Waals surface area contributed by atoms with Crippen LogP contribution >= 0.6 is 12.6 Å². The van der Waals surface area contributed by atoms with E-state index in [-0.39, 0.29) is 0 Å². The summed E-state index contributed by atoms with van der Waals surface area (Å²) in [5.74, 6) is 1.05. The van der Waals surface area contributed by atoms with E-state index in [0.29, 0.717) is 0 Å². The van der Waals surface area contributed by atoms with Gasteiger partial charge in [0, 0.05) is 0 Å². The van der Waals surface area contributed by atoms with Gasteiger partial charge < -0.3 is 5.32 Å². The summed E-state index contributed by atoms with van der Waals surface area (Å²) in [6, 6.07) is 0. The molecule has 0 saturated heterocycles. The van der Waals surface area contributed by atoms with Crippen molar-refractivity contribution in [2.75, 3.05) is 18.8 Å². The molecule has 0 aromatic heterocycles. The summed E-state index contributed by atoms with van der Waals surface area (Å²) in [5, 5.41) is 3.55. The van der Waals surface area contributed by atoms with E-state index < -0.39 is 0 Å². The lowest BCUT2D eigenvalue weighted by molar-refractivity contribution is 0.543. The van der Waals surface area contributed by atoms with Crippen LogP contribution in [0.4, 0.5) is 0 Å². The fourth-order valence-corrected chi connectivity index (χ4v) is 2.45. The Kier molecular flexibility index (Phi) is 17.6. The average molecular weight is 274 g/mol. The van der Waals surface area contributed by atoms with Crippen LogP contribution in [0.5, 0.6) is 0 Å². The van der Waals surface area contributed by atoms with Crippen LogP contribution in [0.1, 0.15) is 84.0 Å². The van der Waals surface area contributed by atoms with Crippen molar-refractivity contribution < 1.29 is 0 Å².